The SMILES string of the molecule is CCOC(=O)CN1[C@H](C)CN(c2c(F)cc3c(=O)c(C(=O)NCc4ccc(Cl)cc4C(F)(F)F)cn(C4CC4)c3c2OC)C[C@@H]1C. The fraction of sp³-hybridized carbons (Fsp3) is 0.469. The van der Waals surface area contributed by atoms with Gasteiger partial charge in [-0.1, -0.05) is 17.7 Å². The summed E-state index contributed by atoms with van der Waals surface area (Å²) in [5.41, 5.74) is -1.84. The number of alkyl halides is 3. The van der Waals surface area contributed by atoms with E-state index in [-0.39, 0.29) is 70.2 Å². The minimum absolute atomic E-state index is 0.0813. The van der Waals surface area contributed by atoms with Crippen LogP contribution in [0.3, 0.4) is 0 Å². The molecule has 1 N–H and O–H groups in total. The summed E-state index contributed by atoms with van der Waals surface area (Å²) in [5.74, 6) is -1.82. The molecule has 1 amide bonds. The van der Waals surface area contributed by atoms with Crippen molar-refractivity contribution >= 4 is 40.1 Å². The Balaban J connectivity index is 1.50. The number of nitrogens with one attached hydrogen (secondary N) is 1. The number of ether oxygens (including phenoxy) is 2. The Morgan fingerprint density at radius 2 is 1.78 bits per heavy atom. The summed E-state index contributed by atoms with van der Waals surface area (Å²) >= 11 is 5.76. The zero-order valence-corrected chi connectivity index (χ0v) is 26.6. The van der Waals surface area contributed by atoms with Gasteiger partial charge in [0.1, 0.15) is 11.3 Å². The molecule has 0 bridgehead atoms. The predicted octanol–water partition coefficient (Wildman–Crippen LogP) is 5.55. The molecule has 2 atom stereocenters. The number of amides is 1. The van der Waals surface area contributed by atoms with Crippen molar-refractivity contribution in [1.82, 2.24) is 14.8 Å². The molecular formula is C32H35ClF4N4O5. The third-order valence-electron chi connectivity index (χ3n) is 8.44. The first-order valence-electron chi connectivity index (χ1n) is 15.0. The molecule has 0 unspecified atom stereocenters. The van der Waals surface area contributed by atoms with Gasteiger partial charge in [-0.3, -0.25) is 19.3 Å². The van der Waals surface area contributed by atoms with Crippen molar-refractivity contribution in [1.29, 1.82) is 0 Å². The van der Waals surface area contributed by atoms with Gasteiger partial charge >= 0.3 is 12.1 Å². The number of hydrogen-bond acceptors (Lipinski definition) is 7. The molecule has 2 heterocycles. The third-order valence-corrected chi connectivity index (χ3v) is 8.67. The van der Waals surface area contributed by atoms with Crippen LogP contribution in [0.5, 0.6) is 5.75 Å². The van der Waals surface area contributed by atoms with E-state index in [1.54, 1.807) is 11.5 Å². The number of pyridine rings is 1. The van der Waals surface area contributed by atoms with Crippen molar-refractivity contribution in [2.45, 2.75) is 64.5 Å². The highest BCUT2D eigenvalue weighted by Gasteiger charge is 2.37. The normalized spacial score (nSPS) is 18.9. The first kappa shape index (κ1) is 33.5. The standard InChI is InChI=1S/C32H35ClF4N4O5/c1-5-46-26(42)16-40-17(2)13-39(14-18(40)3)28-25(34)11-22-27(30(28)45-4)41(21-8-9-21)15-23(29(22)43)31(44)38-12-19-6-7-20(33)10-24(19)32(35,36)37/h6-7,10-11,15,17-18,21H,5,8-9,12-14,16H2,1-4H3,(H,38,44)/t17-,18+. The number of anilines is 1. The highest BCUT2D eigenvalue weighted by molar-refractivity contribution is 6.30. The van der Waals surface area contributed by atoms with E-state index in [1.165, 1.54) is 19.4 Å². The fourth-order valence-electron chi connectivity index (χ4n) is 6.18. The zero-order chi connectivity index (χ0) is 33.5. The average molecular weight is 667 g/mol. The van der Waals surface area contributed by atoms with Crippen molar-refractivity contribution in [3.8, 4) is 5.75 Å². The van der Waals surface area contributed by atoms with Gasteiger partial charge in [0, 0.05) is 49.0 Å². The molecule has 1 saturated carbocycles. The van der Waals surface area contributed by atoms with E-state index >= 15 is 4.39 Å². The largest absolute Gasteiger partial charge is 0.492 e. The number of rotatable bonds is 9. The molecule has 1 aliphatic carbocycles. The van der Waals surface area contributed by atoms with Crippen LogP contribution >= 0.6 is 11.6 Å². The van der Waals surface area contributed by atoms with Crippen LogP contribution in [0, 0.1) is 5.82 Å². The van der Waals surface area contributed by atoms with E-state index in [1.807, 2.05) is 23.6 Å². The van der Waals surface area contributed by atoms with Crippen LogP contribution < -0.4 is 20.4 Å². The van der Waals surface area contributed by atoms with Crippen LogP contribution in [0.2, 0.25) is 5.02 Å². The lowest BCUT2D eigenvalue weighted by molar-refractivity contribution is -0.145. The molecule has 2 aromatic carbocycles. The molecule has 1 saturated heterocycles. The van der Waals surface area contributed by atoms with Crippen molar-refractivity contribution in [2.24, 2.45) is 0 Å². The quantitative estimate of drug-likeness (QED) is 0.237. The minimum Gasteiger partial charge on any atom is -0.492 e. The Labute approximate surface area is 268 Å². The van der Waals surface area contributed by atoms with Gasteiger partial charge in [0.15, 0.2) is 11.6 Å². The van der Waals surface area contributed by atoms with Crippen LogP contribution in [0.1, 0.15) is 61.1 Å². The Hall–Kier alpha value is -3.84. The van der Waals surface area contributed by atoms with Gasteiger partial charge in [0.05, 0.1) is 36.7 Å². The van der Waals surface area contributed by atoms with Crippen LogP contribution in [-0.4, -0.2) is 66.8 Å². The second-order valence-electron chi connectivity index (χ2n) is 11.7. The number of piperazine rings is 1. The van der Waals surface area contributed by atoms with Crippen LogP contribution in [-0.2, 0) is 22.3 Å². The van der Waals surface area contributed by atoms with E-state index in [0.29, 0.717) is 18.6 Å². The number of aromatic nitrogens is 1. The maximum absolute atomic E-state index is 16.1. The number of hydrogen-bond donors (Lipinski definition) is 1. The first-order valence-corrected chi connectivity index (χ1v) is 15.4. The molecule has 1 aliphatic heterocycles. The number of nitrogens with zero attached hydrogens (tertiary/aromatic N) is 3. The lowest BCUT2D eigenvalue weighted by Crippen LogP contribution is -2.58. The van der Waals surface area contributed by atoms with Crippen LogP contribution in [0.15, 0.2) is 35.3 Å². The molecule has 3 aromatic rings. The van der Waals surface area contributed by atoms with Gasteiger partial charge in [-0.25, -0.2) is 4.39 Å². The van der Waals surface area contributed by atoms with Gasteiger partial charge in [0.25, 0.3) is 5.91 Å². The number of methoxy groups -OCH3 is 1. The number of benzene rings is 2. The summed E-state index contributed by atoms with van der Waals surface area (Å²) in [4.78, 5) is 43.0. The van der Waals surface area contributed by atoms with Crippen LogP contribution in [0.25, 0.3) is 10.9 Å². The summed E-state index contributed by atoms with van der Waals surface area (Å²) in [6.45, 7) is 6.18. The molecule has 5 rings (SSSR count). The van der Waals surface area contributed by atoms with Gasteiger partial charge in [0.2, 0.25) is 5.43 Å². The number of fused-ring (bicyclic) bond motifs is 1. The molecule has 2 aliphatic rings. The second kappa shape index (κ2) is 13.1. The van der Waals surface area contributed by atoms with Crippen molar-refractivity contribution in [3.63, 3.8) is 0 Å². The predicted molar refractivity (Wildman–Crippen MR) is 165 cm³/mol. The molecule has 1 aromatic heterocycles. The van der Waals surface area contributed by atoms with Crippen molar-refractivity contribution in [3.05, 3.63) is 68.2 Å². The Kier molecular flexibility index (Phi) is 9.55. The first-order chi connectivity index (χ1) is 21.7. The van der Waals surface area contributed by atoms with E-state index < -0.39 is 35.4 Å². The minimum atomic E-state index is -4.71. The summed E-state index contributed by atoms with van der Waals surface area (Å²) in [6, 6.07) is 3.91. The van der Waals surface area contributed by atoms with Crippen molar-refractivity contribution < 1.29 is 36.6 Å². The lowest BCUT2D eigenvalue weighted by atomic mass is 10.0. The second-order valence-corrected chi connectivity index (χ2v) is 12.1. The molecule has 0 spiro atoms. The molecule has 46 heavy (non-hydrogen) atoms. The van der Waals surface area contributed by atoms with Gasteiger partial charge < -0.3 is 24.3 Å². The van der Waals surface area contributed by atoms with Crippen LogP contribution in [0.4, 0.5) is 23.2 Å². The molecule has 2 fully saturated rings. The molecule has 0 radical (unpaired) electrons. The summed E-state index contributed by atoms with van der Waals surface area (Å²) in [7, 11) is 1.38. The maximum Gasteiger partial charge on any atom is 0.416 e. The van der Waals surface area contributed by atoms with Gasteiger partial charge in [-0.15, -0.1) is 0 Å². The van der Waals surface area contributed by atoms with Gasteiger partial charge in [-0.05, 0) is 57.4 Å². The highest BCUT2D eigenvalue weighted by Crippen LogP contribution is 2.44. The monoisotopic (exact) mass is 666 g/mol. The molecular weight excluding hydrogens is 632 g/mol. The topological polar surface area (TPSA) is 93.1 Å². The maximum atomic E-state index is 16.1. The number of carbonyl (C=O) groups excluding carboxylic acids is 2. The van der Waals surface area contributed by atoms with Crippen molar-refractivity contribution in [2.75, 3.05) is 38.3 Å². The Morgan fingerprint density at radius 3 is 2.37 bits per heavy atom. The fourth-order valence-corrected chi connectivity index (χ4v) is 6.35. The Morgan fingerprint density at radius 1 is 1.11 bits per heavy atom. The molecule has 14 heteroatoms. The van der Waals surface area contributed by atoms with E-state index in [4.69, 9.17) is 21.1 Å². The van der Waals surface area contributed by atoms with E-state index in [0.717, 1.165) is 31.0 Å². The number of halogens is 5. The zero-order valence-electron chi connectivity index (χ0n) is 25.8. The highest BCUT2D eigenvalue weighted by atomic mass is 35.5. The van der Waals surface area contributed by atoms with E-state index in [9.17, 15) is 27.6 Å². The lowest BCUT2D eigenvalue weighted by Gasteiger charge is -2.45. The van der Waals surface area contributed by atoms with Gasteiger partial charge in [-0.2, -0.15) is 13.2 Å². The molecule has 9 nitrogen and oxygen atoms in total. The summed E-state index contributed by atoms with van der Waals surface area (Å²) < 4.78 is 69.4. The smallest absolute Gasteiger partial charge is 0.416 e. The third kappa shape index (κ3) is 6.66. The molecule has 248 valence electrons. The summed E-state index contributed by atoms with van der Waals surface area (Å²) in [6.07, 6.45) is -1.84. The average Bonchev–Trinajstić information content (AvgIpc) is 3.83. The summed E-state index contributed by atoms with van der Waals surface area (Å²) in [5, 5.41) is 2.22. The number of carbonyl (C=O) groups is 2. The number of esters is 1. The Bertz CT molecular complexity index is 1710. The van der Waals surface area contributed by atoms with E-state index in [2.05, 4.69) is 5.32 Å².